The molecule has 1 fully saturated rings. The van der Waals surface area contributed by atoms with Gasteiger partial charge in [0, 0.05) is 38.2 Å². The Morgan fingerprint density at radius 2 is 0.773 bits per heavy atom. The van der Waals surface area contributed by atoms with Crippen molar-refractivity contribution in [1.29, 1.82) is 5.26 Å². The predicted molar refractivity (Wildman–Crippen MR) is 420 cm³/mol. The number of unbranched alkanes of at least 4 members (excludes halogenated alkanes) is 6. The van der Waals surface area contributed by atoms with Gasteiger partial charge in [-0.25, -0.2) is 38.5 Å². The van der Waals surface area contributed by atoms with Crippen LogP contribution in [0.2, 0.25) is 0 Å². The van der Waals surface area contributed by atoms with Crippen LogP contribution in [-0.2, 0) is 43.1 Å². The minimum atomic E-state index is -0.474. The lowest BCUT2D eigenvalue weighted by Crippen LogP contribution is -2.13. The van der Waals surface area contributed by atoms with Crippen molar-refractivity contribution in [2.75, 3.05) is 73.4 Å². The maximum atomic E-state index is 12.6. The van der Waals surface area contributed by atoms with Gasteiger partial charge in [-0.05, 0) is 265 Å². The fourth-order valence-electron chi connectivity index (χ4n) is 10.6. The number of carbonyl (C=O) groups is 6. The van der Waals surface area contributed by atoms with Gasteiger partial charge < -0.3 is 56.8 Å². The summed E-state index contributed by atoms with van der Waals surface area (Å²) in [5, 5.41) is 8.78. The van der Waals surface area contributed by atoms with E-state index in [2.05, 4.69) is 45.4 Å². The first kappa shape index (κ1) is 89.3. The van der Waals surface area contributed by atoms with Crippen molar-refractivity contribution in [3.05, 3.63) is 253 Å². The molecule has 21 heteroatoms. The van der Waals surface area contributed by atoms with Crippen molar-refractivity contribution in [3.63, 3.8) is 0 Å². The number of ether oxygens (including phenoxy) is 12. The summed E-state index contributed by atoms with van der Waals surface area (Å²) in [5.41, 5.74) is 5.41. The molecule has 0 aliphatic heterocycles. The van der Waals surface area contributed by atoms with Crippen molar-refractivity contribution < 1.29 is 95.4 Å². The number of rotatable bonds is 44. The second-order valence-electron chi connectivity index (χ2n) is 25.2. The Kier molecular flexibility index (Phi) is 44.1. The summed E-state index contributed by atoms with van der Waals surface area (Å²) in [6.45, 7) is 24.1. The van der Waals surface area contributed by atoms with Crippen LogP contribution in [0.5, 0.6) is 46.0 Å². The van der Waals surface area contributed by atoms with Crippen LogP contribution in [0.1, 0.15) is 169 Å². The Morgan fingerprint density at radius 1 is 0.409 bits per heavy atom. The second kappa shape index (κ2) is 54.3. The third kappa shape index (κ3) is 37.5. The molecule has 0 aromatic heterocycles. The average molecular weight is 1510 g/mol. The summed E-state index contributed by atoms with van der Waals surface area (Å²) in [5.74, 6) is 4.09. The van der Waals surface area contributed by atoms with Crippen LogP contribution in [0.25, 0.3) is 0 Å². The van der Waals surface area contributed by atoms with Gasteiger partial charge >= 0.3 is 35.8 Å². The molecule has 1 saturated carbocycles. The van der Waals surface area contributed by atoms with E-state index in [1.54, 1.807) is 116 Å². The van der Waals surface area contributed by atoms with Gasteiger partial charge in [0.25, 0.3) is 0 Å². The number of carbonyl (C=O) groups excluding carboxylic acids is 6. The Balaban J connectivity index is 0.000000269. The molecule has 1 aliphatic carbocycles. The van der Waals surface area contributed by atoms with E-state index in [9.17, 15) is 28.8 Å². The lowest BCUT2D eigenvalue weighted by Gasteiger charge is -2.28. The Morgan fingerprint density at radius 3 is 1.17 bits per heavy atom. The fourth-order valence-corrected chi connectivity index (χ4v) is 10.6. The highest BCUT2D eigenvalue weighted by molar-refractivity contribution is 5.92. The molecule has 7 aromatic carbocycles. The Bertz CT molecular complexity index is 3900. The van der Waals surface area contributed by atoms with Crippen LogP contribution in [0.4, 0.5) is 0 Å². The van der Waals surface area contributed by atoms with E-state index in [0.717, 1.165) is 104 Å². The van der Waals surface area contributed by atoms with Crippen LogP contribution < -0.4 is 37.9 Å². The SMILES string of the molecule is C=CC(=O)OCCCCCCOc1ccc(C(=O)Oc2ccc(C#N)cc2)cc1.C=CC(=O)OCCCCCCOc1ccc(C(=O)Oc2ccc(C3CCC(CCC)CC3)cc2)cc1.C=CC(=O)OCCCOc1ccc(C(=O)Oc2ccc(C)c(C)c2)cc1.C=CCOOCCCOc1ccc(OCOC)cc1. The first-order valence-electron chi connectivity index (χ1n) is 37.2. The maximum Gasteiger partial charge on any atom is 0.343 e. The molecule has 110 heavy (non-hydrogen) atoms. The lowest BCUT2D eigenvalue weighted by atomic mass is 9.77. The first-order valence-corrected chi connectivity index (χ1v) is 37.2. The van der Waals surface area contributed by atoms with Crippen LogP contribution in [0, 0.1) is 31.1 Å². The van der Waals surface area contributed by atoms with Crippen LogP contribution >= 0.6 is 0 Å². The summed E-state index contributed by atoms with van der Waals surface area (Å²) < 4.78 is 63.5. The van der Waals surface area contributed by atoms with Gasteiger partial charge in [-0.3, -0.25) is 0 Å². The molecule has 7 aromatic rings. The third-order valence-corrected chi connectivity index (χ3v) is 16.7. The molecule has 0 spiro atoms. The number of benzene rings is 7. The molecule has 0 amide bonds. The van der Waals surface area contributed by atoms with Gasteiger partial charge in [-0.1, -0.05) is 63.8 Å². The second-order valence-corrected chi connectivity index (χ2v) is 25.2. The molecule has 21 nitrogen and oxygen atoms in total. The Labute approximate surface area is 647 Å². The van der Waals surface area contributed by atoms with Gasteiger partial charge in [-0.15, -0.1) is 6.58 Å². The van der Waals surface area contributed by atoms with Crippen molar-refractivity contribution in [3.8, 4) is 52.1 Å². The topological polar surface area (TPSA) is 255 Å². The Hall–Kier alpha value is -11.3. The molecule has 0 bridgehead atoms. The van der Waals surface area contributed by atoms with E-state index in [4.69, 9.17) is 71.9 Å². The van der Waals surface area contributed by atoms with Crippen LogP contribution in [-0.4, -0.2) is 109 Å². The largest absolute Gasteiger partial charge is 0.494 e. The van der Waals surface area contributed by atoms with Gasteiger partial charge in [-0.2, -0.15) is 5.26 Å². The van der Waals surface area contributed by atoms with Crippen LogP contribution in [0.15, 0.2) is 214 Å². The summed E-state index contributed by atoms with van der Waals surface area (Å²) in [6, 6.07) is 49.8. The molecular weight excluding hydrogens is 1400 g/mol. The minimum absolute atomic E-state index is 0.238. The zero-order chi connectivity index (χ0) is 79.2. The number of hydrogen-bond donors (Lipinski definition) is 0. The molecule has 0 heterocycles. The summed E-state index contributed by atoms with van der Waals surface area (Å²) in [4.78, 5) is 79.3. The standard InChI is InChI=1S/C31H40O5.C23H23NO5.C21H22O5.C14H20O5/c1-3-9-24-10-12-25(13-11-24)26-14-20-29(21-15-26)36-31(33)27-16-18-28(19-17-27)34-22-7-5-6-8-23-35-30(32)4-2;1-2-22(25)28-16-6-4-3-5-15-27-20-13-9-19(10-14-20)23(26)29-21-11-7-18(17-24)8-12-21;1-4-20(22)25-13-5-12-24-18-10-7-17(8-11-18)21(23)26-19-9-6-15(2)16(3)14-19;1-3-9-18-19-11-4-10-16-13-5-7-14(8-6-13)17-12-15-2/h4,14-21,24-25H,2-3,5-13,22-23H2,1H3;2,7-14H,1,3-6,15-16H2;4,6-11,14H,1,5,12-13H2,2-3H3;3,5-8H,1,4,9-12H2,2H3. The number of esters is 6. The number of nitriles is 1. The van der Waals surface area contributed by atoms with Crippen molar-refractivity contribution in [1.82, 2.24) is 0 Å². The number of hydrogen-bond acceptors (Lipinski definition) is 21. The smallest absolute Gasteiger partial charge is 0.343 e. The normalized spacial score (nSPS) is 12.4. The minimum Gasteiger partial charge on any atom is -0.494 e. The van der Waals surface area contributed by atoms with Crippen molar-refractivity contribution in [2.24, 2.45) is 5.92 Å². The third-order valence-electron chi connectivity index (χ3n) is 16.7. The van der Waals surface area contributed by atoms with E-state index >= 15 is 0 Å². The zero-order valence-corrected chi connectivity index (χ0v) is 63.9. The highest BCUT2D eigenvalue weighted by Gasteiger charge is 2.22. The molecule has 8 rings (SSSR count). The lowest BCUT2D eigenvalue weighted by molar-refractivity contribution is -0.287. The molecule has 0 atom stereocenters. The maximum absolute atomic E-state index is 12.6. The molecule has 0 saturated heterocycles. The fraction of sp³-hybridized carbons (Fsp3) is 0.360. The number of aryl methyl sites for hydroxylation is 2. The molecule has 0 unspecified atom stereocenters. The quantitative estimate of drug-likeness (QED) is 0.00396. The van der Waals surface area contributed by atoms with Crippen molar-refractivity contribution in [2.45, 2.75) is 129 Å². The predicted octanol–water partition coefficient (Wildman–Crippen LogP) is 18.7. The summed E-state index contributed by atoms with van der Waals surface area (Å²) in [7, 11) is 1.58. The van der Waals surface area contributed by atoms with Crippen LogP contribution in [0.3, 0.4) is 0 Å². The van der Waals surface area contributed by atoms with E-state index in [-0.39, 0.29) is 25.3 Å². The van der Waals surface area contributed by atoms with E-state index in [1.165, 1.54) is 50.2 Å². The highest BCUT2D eigenvalue weighted by Crippen LogP contribution is 2.38. The molecule has 586 valence electrons. The zero-order valence-electron chi connectivity index (χ0n) is 63.9. The molecule has 0 radical (unpaired) electrons. The number of methoxy groups -OCH3 is 1. The van der Waals surface area contributed by atoms with E-state index in [0.29, 0.717) is 116 Å². The number of nitrogens with zero attached hydrogens (tertiary/aromatic N) is 1. The average Bonchev–Trinajstić information content (AvgIpc) is 0.854. The van der Waals surface area contributed by atoms with Gasteiger partial charge in [0.05, 0.1) is 81.2 Å². The first-order chi connectivity index (χ1) is 53.6. The van der Waals surface area contributed by atoms with E-state index < -0.39 is 23.9 Å². The highest BCUT2D eigenvalue weighted by atomic mass is 17.2. The molecule has 0 N–H and O–H groups in total. The monoisotopic (exact) mass is 1510 g/mol. The van der Waals surface area contributed by atoms with E-state index in [1.807, 2.05) is 68.4 Å². The van der Waals surface area contributed by atoms with Crippen molar-refractivity contribution >= 4 is 35.8 Å². The molecule has 1 aliphatic rings. The van der Waals surface area contributed by atoms with Gasteiger partial charge in [0.2, 0.25) is 0 Å². The molecular formula is C89H105NO20. The summed E-state index contributed by atoms with van der Waals surface area (Å²) >= 11 is 0. The van der Waals surface area contributed by atoms with Gasteiger partial charge in [0.15, 0.2) is 6.79 Å². The summed E-state index contributed by atoms with van der Waals surface area (Å²) in [6.07, 6.45) is 21.5. The van der Waals surface area contributed by atoms with Gasteiger partial charge in [0.1, 0.15) is 52.6 Å².